The van der Waals surface area contributed by atoms with Crippen LogP contribution in [-0.4, -0.2) is 29.8 Å². The highest BCUT2D eigenvalue weighted by Gasteiger charge is 2.31. The standard InChI is InChI=1S/C17H19F3N2O/c1-12(13-6-4-3-5-7-13)16(23)11-22(2)15-8-14(9-21-10-15)17(18,19)20/h3-10,12,16,23H,11H2,1-2H3/t12?,16-/m0/s1. The van der Waals surface area contributed by atoms with E-state index in [0.717, 1.165) is 17.8 Å². The van der Waals surface area contributed by atoms with Gasteiger partial charge in [-0.15, -0.1) is 0 Å². The molecule has 2 rings (SSSR count). The molecule has 2 atom stereocenters. The molecule has 2 aromatic rings. The van der Waals surface area contributed by atoms with Gasteiger partial charge in [-0.1, -0.05) is 37.3 Å². The van der Waals surface area contributed by atoms with Crippen LogP contribution in [0.15, 0.2) is 48.8 Å². The van der Waals surface area contributed by atoms with Crippen molar-refractivity contribution in [3.05, 3.63) is 59.9 Å². The lowest BCUT2D eigenvalue weighted by molar-refractivity contribution is -0.137. The number of halogens is 3. The van der Waals surface area contributed by atoms with Crippen LogP contribution in [0.25, 0.3) is 0 Å². The fraction of sp³-hybridized carbons (Fsp3) is 0.353. The number of hydrogen-bond acceptors (Lipinski definition) is 3. The molecule has 1 unspecified atom stereocenters. The van der Waals surface area contributed by atoms with Crippen molar-refractivity contribution in [3.63, 3.8) is 0 Å². The Kier molecular flexibility index (Phi) is 5.26. The number of benzene rings is 1. The molecule has 3 nitrogen and oxygen atoms in total. The predicted octanol–water partition coefficient (Wildman–Crippen LogP) is 3.70. The van der Waals surface area contributed by atoms with E-state index in [-0.39, 0.29) is 12.5 Å². The number of rotatable bonds is 5. The first-order chi connectivity index (χ1) is 10.8. The fourth-order valence-corrected chi connectivity index (χ4v) is 2.31. The van der Waals surface area contributed by atoms with Gasteiger partial charge in [0.05, 0.1) is 23.6 Å². The fourth-order valence-electron chi connectivity index (χ4n) is 2.31. The molecule has 1 aromatic heterocycles. The quantitative estimate of drug-likeness (QED) is 0.911. The molecule has 0 aliphatic heterocycles. The number of nitrogens with zero attached hydrogens (tertiary/aromatic N) is 2. The van der Waals surface area contributed by atoms with Gasteiger partial charge in [-0.05, 0) is 11.6 Å². The van der Waals surface area contributed by atoms with E-state index in [0.29, 0.717) is 5.69 Å². The largest absolute Gasteiger partial charge is 0.417 e. The van der Waals surface area contributed by atoms with Gasteiger partial charge in [0.15, 0.2) is 0 Å². The molecule has 0 fully saturated rings. The summed E-state index contributed by atoms with van der Waals surface area (Å²) in [6, 6.07) is 10.5. The van der Waals surface area contributed by atoms with Gasteiger partial charge in [-0.3, -0.25) is 4.98 Å². The first-order valence-electron chi connectivity index (χ1n) is 7.25. The van der Waals surface area contributed by atoms with Crippen LogP contribution in [-0.2, 0) is 6.18 Å². The number of aliphatic hydroxyl groups is 1. The van der Waals surface area contributed by atoms with Crippen molar-refractivity contribution in [1.82, 2.24) is 4.98 Å². The zero-order valence-electron chi connectivity index (χ0n) is 13.0. The third-order valence-corrected chi connectivity index (χ3v) is 3.86. The van der Waals surface area contributed by atoms with Gasteiger partial charge in [0.1, 0.15) is 0 Å². The highest BCUT2D eigenvalue weighted by atomic mass is 19.4. The minimum absolute atomic E-state index is 0.127. The Morgan fingerprint density at radius 3 is 2.43 bits per heavy atom. The van der Waals surface area contributed by atoms with E-state index >= 15 is 0 Å². The normalized spacial score (nSPS) is 14.3. The van der Waals surface area contributed by atoms with Gasteiger partial charge in [-0.25, -0.2) is 0 Å². The Hall–Kier alpha value is -2.08. The summed E-state index contributed by atoms with van der Waals surface area (Å²) in [5.41, 5.74) is 0.502. The molecule has 6 heteroatoms. The number of alkyl halides is 3. The van der Waals surface area contributed by atoms with Crippen LogP contribution in [0.1, 0.15) is 24.0 Å². The number of aromatic nitrogens is 1. The topological polar surface area (TPSA) is 36.4 Å². The van der Waals surface area contributed by atoms with Gasteiger partial charge in [0.2, 0.25) is 0 Å². The number of pyridine rings is 1. The van der Waals surface area contributed by atoms with E-state index in [9.17, 15) is 18.3 Å². The van der Waals surface area contributed by atoms with Crippen molar-refractivity contribution in [2.24, 2.45) is 0 Å². The summed E-state index contributed by atoms with van der Waals surface area (Å²) < 4.78 is 38.2. The third-order valence-electron chi connectivity index (χ3n) is 3.86. The molecule has 0 saturated carbocycles. The lowest BCUT2D eigenvalue weighted by Crippen LogP contribution is -2.32. The SMILES string of the molecule is CC(c1ccccc1)[C@@H](O)CN(C)c1cncc(C(F)(F)F)c1. The first-order valence-corrected chi connectivity index (χ1v) is 7.25. The van der Waals surface area contributed by atoms with E-state index in [2.05, 4.69) is 4.98 Å². The summed E-state index contributed by atoms with van der Waals surface area (Å²) in [4.78, 5) is 5.21. The van der Waals surface area contributed by atoms with Crippen molar-refractivity contribution < 1.29 is 18.3 Å². The summed E-state index contributed by atoms with van der Waals surface area (Å²) in [6.45, 7) is 2.09. The monoisotopic (exact) mass is 324 g/mol. The van der Waals surface area contributed by atoms with Gasteiger partial charge < -0.3 is 10.0 Å². The Labute approximate surface area is 133 Å². The van der Waals surface area contributed by atoms with Gasteiger partial charge in [-0.2, -0.15) is 13.2 Å². The minimum Gasteiger partial charge on any atom is -0.391 e. The molecule has 124 valence electrons. The van der Waals surface area contributed by atoms with Crippen molar-refractivity contribution >= 4 is 5.69 Å². The number of hydrogen-bond donors (Lipinski definition) is 1. The van der Waals surface area contributed by atoms with E-state index in [1.54, 1.807) is 11.9 Å². The van der Waals surface area contributed by atoms with E-state index in [4.69, 9.17) is 0 Å². The number of aliphatic hydroxyl groups excluding tert-OH is 1. The third kappa shape index (κ3) is 4.45. The van der Waals surface area contributed by atoms with E-state index < -0.39 is 17.8 Å². The molecule has 1 N–H and O–H groups in total. The van der Waals surface area contributed by atoms with Crippen LogP contribution in [0.4, 0.5) is 18.9 Å². The molecule has 0 bridgehead atoms. The maximum atomic E-state index is 12.7. The van der Waals surface area contributed by atoms with Crippen LogP contribution < -0.4 is 4.90 Å². The molecule has 0 amide bonds. The van der Waals surface area contributed by atoms with Crippen LogP contribution in [0.5, 0.6) is 0 Å². The summed E-state index contributed by atoms with van der Waals surface area (Å²) >= 11 is 0. The zero-order valence-corrected chi connectivity index (χ0v) is 13.0. The van der Waals surface area contributed by atoms with Gasteiger partial charge in [0.25, 0.3) is 0 Å². The van der Waals surface area contributed by atoms with Crippen LogP contribution in [0.2, 0.25) is 0 Å². The summed E-state index contributed by atoms with van der Waals surface area (Å²) in [6.07, 6.45) is -2.99. The Balaban J connectivity index is 2.08. The second-order valence-corrected chi connectivity index (χ2v) is 5.58. The second-order valence-electron chi connectivity index (χ2n) is 5.58. The smallest absolute Gasteiger partial charge is 0.391 e. The van der Waals surface area contributed by atoms with E-state index in [1.807, 2.05) is 37.3 Å². The molecule has 1 aromatic carbocycles. The average molecular weight is 324 g/mol. The molecule has 0 aliphatic rings. The summed E-state index contributed by atoms with van der Waals surface area (Å²) in [7, 11) is 1.64. The lowest BCUT2D eigenvalue weighted by atomic mass is 9.95. The van der Waals surface area contributed by atoms with Gasteiger partial charge in [0, 0.05) is 25.7 Å². The molecule has 0 aliphatic carbocycles. The van der Waals surface area contributed by atoms with Crippen molar-refractivity contribution in [2.45, 2.75) is 25.1 Å². The van der Waals surface area contributed by atoms with Crippen molar-refractivity contribution in [3.8, 4) is 0 Å². The molecular weight excluding hydrogens is 305 g/mol. The predicted molar refractivity (Wildman–Crippen MR) is 83.4 cm³/mol. The molecule has 1 heterocycles. The molecule has 0 saturated heterocycles. The highest BCUT2D eigenvalue weighted by molar-refractivity contribution is 5.46. The van der Waals surface area contributed by atoms with Crippen molar-refractivity contribution in [2.75, 3.05) is 18.5 Å². The Morgan fingerprint density at radius 1 is 1.17 bits per heavy atom. The van der Waals surface area contributed by atoms with E-state index in [1.165, 1.54) is 6.20 Å². The second kappa shape index (κ2) is 7.00. The molecule has 0 spiro atoms. The molecule has 0 radical (unpaired) electrons. The lowest BCUT2D eigenvalue weighted by Gasteiger charge is -2.26. The Bertz CT molecular complexity index is 631. The summed E-state index contributed by atoms with van der Waals surface area (Å²) in [5, 5.41) is 10.3. The first kappa shape index (κ1) is 17.3. The molecular formula is C17H19F3N2O. The van der Waals surface area contributed by atoms with Crippen molar-refractivity contribution in [1.29, 1.82) is 0 Å². The number of anilines is 1. The highest BCUT2D eigenvalue weighted by Crippen LogP contribution is 2.31. The average Bonchev–Trinajstić information content (AvgIpc) is 2.54. The van der Waals surface area contributed by atoms with Gasteiger partial charge >= 0.3 is 6.18 Å². The van der Waals surface area contributed by atoms with Crippen LogP contribution in [0.3, 0.4) is 0 Å². The number of likely N-dealkylation sites (N-methyl/N-ethyl adjacent to an activating group) is 1. The maximum absolute atomic E-state index is 12.7. The summed E-state index contributed by atoms with van der Waals surface area (Å²) in [5.74, 6) is -0.127. The minimum atomic E-state index is -4.43. The van der Waals surface area contributed by atoms with Crippen LogP contribution in [0, 0.1) is 0 Å². The zero-order chi connectivity index (χ0) is 17.0. The molecule has 23 heavy (non-hydrogen) atoms. The maximum Gasteiger partial charge on any atom is 0.417 e. The van der Waals surface area contributed by atoms with Crippen LogP contribution >= 0.6 is 0 Å². The Morgan fingerprint density at radius 2 is 1.83 bits per heavy atom.